The monoisotopic (exact) mass is 246 g/mol. The van der Waals surface area contributed by atoms with Crippen LogP contribution in [0.2, 0.25) is 0 Å². The molecule has 0 aromatic heterocycles. The van der Waals surface area contributed by atoms with Crippen LogP contribution in [0, 0.1) is 11.8 Å². The summed E-state index contributed by atoms with van der Waals surface area (Å²) in [5.74, 6) is 1.09. The molecule has 0 unspecified atom stereocenters. The number of nitrogens with two attached hydrogens (primary N) is 1. The number of para-hydroxylation sites is 1. The Balaban J connectivity index is 1.81. The second kappa shape index (κ2) is 6.55. The first kappa shape index (κ1) is 13.1. The van der Waals surface area contributed by atoms with Gasteiger partial charge in [-0.3, -0.25) is 4.79 Å². The Morgan fingerprint density at radius 3 is 2.44 bits per heavy atom. The minimum Gasteiger partial charge on any atom is -0.330 e. The van der Waals surface area contributed by atoms with E-state index in [2.05, 4.69) is 5.32 Å². The fourth-order valence-electron chi connectivity index (χ4n) is 2.71. The molecule has 2 rings (SSSR count). The number of amides is 1. The molecule has 3 nitrogen and oxygen atoms in total. The fourth-order valence-corrected chi connectivity index (χ4v) is 2.71. The lowest BCUT2D eigenvalue weighted by Crippen LogP contribution is -2.27. The van der Waals surface area contributed by atoms with Gasteiger partial charge >= 0.3 is 0 Å². The summed E-state index contributed by atoms with van der Waals surface area (Å²) in [6, 6.07) is 9.69. The van der Waals surface area contributed by atoms with E-state index in [9.17, 15) is 4.79 Å². The van der Waals surface area contributed by atoms with Gasteiger partial charge in [0.1, 0.15) is 0 Å². The lowest BCUT2D eigenvalue weighted by Gasteiger charge is -2.27. The minimum atomic E-state index is 0.174. The molecule has 0 bridgehead atoms. The molecular weight excluding hydrogens is 224 g/mol. The zero-order chi connectivity index (χ0) is 12.8. The molecular formula is C15H22N2O. The molecule has 1 saturated carbocycles. The second-order valence-electron chi connectivity index (χ2n) is 5.15. The minimum absolute atomic E-state index is 0.174. The number of carbonyl (C=O) groups is 1. The number of nitrogens with one attached hydrogen (secondary N) is 1. The first-order chi connectivity index (χ1) is 8.79. The van der Waals surface area contributed by atoms with Crippen molar-refractivity contribution in [2.75, 3.05) is 11.9 Å². The summed E-state index contributed by atoms with van der Waals surface area (Å²) in [4.78, 5) is 12.1. The summed E-state index contributed by atoms with van der Waals surface area (Å²) in [5.41, 5.74) is 6.47. The molecule has 1 aromatic carbocycles. The molecule has 1 aliphatic carbocycles. The molecule has 1 aromatic rings. The Morgan fingerprint density at radius 2 is 1.83 bits per heavy atom. The first-order valence-electron chi connectivity index (χ1n) is 6.85. The zero-order valence-electron chi connectivity index (χ0n) is 10.8. The molecule has 0 spiro atoms. The highest BCUT2D eigenvalue weighted by molar-refractivity contribution is 5.92. The van der Waals surface area contributed by atoms with Crippen molar-refractivity contribution in [1.29, 1.82) is 0 Å². The SMILES string of the molecule is NCCC1CCC(C(=O)Nc2ccccc2)CC1. The molecule has 1 aliphatic rings. The quantitative estimate of drug-likeness (QED) is 0.858. The molecule has 0 saturated heterocycles. The van der Waals surface area contributed by atoms with Gasteiger partial charge in [-0.15, -0.1) is 0 Å². The van der Waals surface area contributed by atoms with Crippen LogP contribution in [-0.2, 0) is 4.79 Å². The highest BCUT2D eigenvalue weighted by atomic mass is 16.1. The molecule has 0 atom stereocenters. The van der Waals surface area contributed by atoms with E-state index in [-0.39, 0.29) is 11.8 Å². The lowest BCUT2D eigenvalue weighted by molar-refractivity contribution is -0.121. The highest BCUT2D eigenvalue weighted by Gasteiger charge is 2.25. The largest absolute Gasteiger partial charge is 0.330 e. The van der Waals surface area contributed by atoms with Crippen molar-refractivity contribution in [1.82, 2.24) is 0 Å². The van der Waals surface area contributed by atoms with Crippen LogP contribution in [-0.4, -0.2) is 12.5 Å². The Bertz CT molecular complexity index is 369. The Hall–Kier alpha value is -1.35. The standard InChI is InChI=1S/C15H22N2O/c16-11-10-12-6-8-13(9-7-12)15(18)17-14-4-2-1-3-5-14/h1-5,12-13H,6-11,16H2,(H,17,18). The van der Waals surface area contributed by atoms with Crippen molar-refractivity contribution < 1.29 is 4.79 Å². The highest BCUT2D eigenvalue weighted by Crippen LogP contribution is 2.31. The van der Waals surface area contributed by atoms with E-state index in [0.29, 0.717) is 0 Å². The average Bonchev–Trinajstić information content (AvgIpc) is 2.41. The maximum atomic E-state index is 12.1. The molecule has 98 valence electrons. The molecule has 1 amide bonds. The van der Waals surface area contributed by atoms with Gasteiger partial charge in [-0.05, 0) is 56.7 Å². The van der Waals surface area contributed by atoms with Gasteiger partial charge < -0.3 is 11.1 Å². The summed E-state index contributed by atoms with van der Waals surface area (Å²) in [5, 5.41) is 2.99. The zero-order valence-corrected chi connectivity index (χ0v) is 10.8. The number of hydrogen-bond acceptors (Lipinski definition) is 2. The molecule has 1 fully saturated rings. The number of anilines is 1. The van der Waals surface area contributed by atoms with Crippen molar-refractivity contribution >= 4 is 11.6 Å². The molecule has 3 heteroatoms. The van der Waals surface area contributed by atoms with Crippen molar-refractivity contribution in [3.05, 3.63) is 30.3 Å². The number of carbonyl (C=O) groups excluding carboxylic acids is 1. The van der Waals surface area contributed by atoms with E-state index in [1.54, 1.807) is 0 Å². The smallest absolute Gasteiger partial charge is 0.227 e. The summed E-state index contributed by atoms with van der Waals surface area (Å²) < 4.78 is 0. The molecule has 0 radical (unpaired) electrons. The van der Waals surface area contributed by atoms with Crippen molar-refractivity contribution in [2.45, 2.75) is 32.1 Å². The maximum Gasteiger partial charge on any atom is 0.227 e. The van der Waals surface area contributed by atoms with Gasteiger partial charge in [-0.25, -0.2) is 0 Å². The Kier molecular flexibility index (Phi) is 4.76. The van der Waals surface area contributed by atoms with Gasteiger partial charge in [0.25, 0.3) is 0 Å². The van der Waals surface area contributed by atoms with Crippen LogP contribution < -0.4 is 11.1 Å². The summed E-state index contributed by atoms with van der Waals surface area (Å²) in [6.45, 7) is 0.769. The van der Waals surface area contributed by atoms with Crippen molar-refractivity contribution in [3.8, 4) is 0 Å². The molecule has 3 N–H and O–H groups in total. The van der Waals surface area contributed by atoms with Crippen LogP contribution in [0.1, 0.15) is 32.1 Å². The normalized spacial score (nSPS) is 23.6. The fraction of sp³-hybridized carbons (Fsp3) is 0.533. The van der Waals surface area contributed by atoms with Gasteiger partial charge in [0.15, 0.2) is 0 Å². The predicted octanol–water partition coefficient (Wildman–Crippen LogP) is 2.78. The number of rotatable bonds is 4. The second-order valence-corrected chi connectivity index (χ2v) is 5.15. The van der Waals surface area contributed by atoms with Crippen LogP contribution in [0.3, 0.4) is 0 Å². The van der Waals surface area contributed by atoms with E-state index in [0.717, 1.165) is 50.3 Å². The van der Waals surface area contributed by atoms with Crippen molar-refractivity contribution in [3.63, 3.8) is 0 Å². The summed E-state index contributed by atoms with van der Waals surface area (Å²) in [7, 11) is 0. The van der Waals surface area contributed by atoms with E-state index in [1.165, 1.54) is 0 Å². The third kappa shape index (κ3) is 3.57. The van der Waals surface area contributed by atoms with Crippen LogP contribution in [0.4, 0.5) is 5.69 Å². The topological polar surface area (TPSA) is 55.1 Å². The third-order valence-corrected chi connectivity index (χ3v) is 3.83. The summed E-state index contributed by atoms with van der Waals surface area (Å²) in [6.07, 6.45) is 5.40. The Labute approximate surface area is 109 Å². The molecule has 18 heavy (non-hydrogen) atoms. The van der Waals surface area contributed by atoms with Crippen LogP contribution in [0.5, 0.6) is 0 Å². The van der Waals surface area contributed by atoms with Crippen molar-refractivity contribution in [2.24, 2.45) is 17.6 Å². The summed E-state index contributed by atoms with van der Waals surface area (Å²) >= 11 is 0. The van der Waals surface area contributed by atoms with Gasteiger partial charge in [-0.2, -0.15) is 0 Å². The number of benzene rings is 1. The van der Waals surface area contributed by atoms with E-state index in [1.807, 2.05) is 30.3 Å². The number of hydrogen-bond donors (Lipinski definition) is 2. The van der Waals surface area contributed by atoms with E-state index >= 15 is 0 Å². The maximum absolute atomic E-state index is 12.1. The molecule has 0 aliphatic heterocycles. The van der Waals surface area contributed by atoms with Gasteiger partial charge in [-0.1, -0.05) is 18.2 Å². The third-order valence-electron chi connectivity index (χ3n) is 3.83. The first-order valence-corrected chi connectivity index (χ1v) is 6.85. The van der Waals surface area contributed by atoms with Gasteiger partial charge in [0.05, 0.1) is 0 Å². The van der Waals surface area contributed by atoms with Crippen LogP contribution in [0.15, 0.2) is 30.3 Å². The lowest BCUT2D eigenvalue weighted by atomic mass is 9.80. The van der Waals surface area contributed by atoms with Gasteiger partial charge in [0.2, 0.25) is 5.91 Å². The van der Waals surface area contributed by atoms with E-state index < -0.39 is 0 Å². The molecule has 0 heterocycles. The van der Waals surface area contributed by atoms with Crippen LogP contribution >= 0.6 is 0 Å². The van der Waals surface area contributed by atoms with Gasteiger partial charge in [0, 0.05) is 11.6 Å². The predicted molar refractivity (Wildman–Crippen MR) is 74.2 cm³/mol. The van der Waals surface area contributed by atoms with E-state index in [4.69, 9.17) is 5.73 Å². The Morgan fingerprint density at radius 1 is 1.17 bits per heavy atom. The van der Waals surface area contributed by atoms with Crippen LogP contribution in [0.25, 0.3) is 0 Å². The average molecular weight is 246 g/mol.